The van der Waals surface area contributed by atoms with Gasteiger partial charge in [-0.3, -0.25) is 0 Å². The van der Waals surface area contributed by atoms with Crippen molar-refractivity contribution in [2.24, 2.45) is 11.7 Å². The quantitative estimate of drug-likeness (QED) is 0.886. The summed E-state index contributed by atoms with van der Waals surface area (Å²) in [5, 5.41) is 4.85. The molecule has 3 nitrogen and oxygen atoms in total. The molecule has 1 aromatic carbocycles. The van der Waals surface area contributed by atoms with E-state index in [1.807, 2.05) is 0 Å². The molecule has 0 aliphatic carbocycles. The highest BCUT2D eigenvalue weighted by molar-refractivity contribution is 5.86. The van der Waals surface area contributed by atoms with Crippen molar-refractivity contribution in [3.63, 3.8) is 0 Å². The Morgan fingerprint density at radius 1 is 1.24 bits per heavy atom. The molecule has 0 saturated heterocycles. The highest BCUT2D eigenvalue weighted by atomic mass is 15.0. The largest absolute Gasteiger partial charge is 0.347 e. The summed E-state index contributed by atoms with van der Waals surface area (Å²) in [7, 11) is 0. The molecule has 0 radical (unpaired) electrons. The number of rotatable bonds is 5. The third-order valence-electron chi connectivity index (χ3n) is 4.69. The minimum absolute atomic E-state index is 0.233. The van der Waals surface area contributed by atoms with Gasteiger partial charge in [-0.25, -0.2) is 0 Å². The third kappa shape index (κ3) is 2.72. The molecule has 0 fully saturated rings. The number of nitrogens with one attached hydrogen (secondary N) is 1. The van der Waals surface area contributed by atoms with Crippen molar-refractivity contribution in [3.05, 3.63) is 35.0 Å². The Morgan fingerprint density at radius 3 is 2.62 bits per heavy atom. The van der Waals surface area contributed by atoms with Crippen molar-refractivity contribution in [3.8, 4) is 0 Å². The topological polar surface area (TPSA) is 43.0 Å². The molecule has 0 bridgehead atoms. The van der Waals surface area contributed by atoms with Gasteiger partial charge in [0.1, 0.15) is 0 Å². The van der Waals surface area contributed by atoms with Gasteiger partial charge in [-0.05, 0) is 47.6 Å². The minimum Gasteiger partial charge on any atom is -0.347 e. The van der Waals surface area contributed by atoms with E-state index >= 15 is 0 Å². The second kappa shape index (κ2) is 5.82. The molecule has 1 atom stereocenters. The highest BCUT2D eigenvalue weighted by Gasteiger charge is 2.18. The first kappa shape index (κ1) is 14.6. The van der Waals surface area contributed by atoms with Gasteiger partial charge < -0.3 is 15.6 Å². The van der Waals surface area contributed by atoms with E-state index in [2.05, 4.69) is 49.0 Å². The van der Waals surface area contributed by atoms with Crippen molar-refractivity contribution >= 4 is 10.9 Å². The zero-order valence-electron chi connectivity index (χ0n) is 13.4. The Labute approximate surface area is 127 Å². The van der Waals surface area contributed by atoms with Crippen molar-refractivity contribution in [2.75, 3.05) is 0 Å². The monoisotopic (exact) mass is 285 g/mol. The Balaban J connectivity index is 2.06. The van der Waals surface area contributed by atoms with Gasteiger partial charge in [-0.15, -0.1) is 0 Å². The lowest BCUT2D eigenvalue weighted by molar-refractivity contribution is 0.491. The summed E-state index contributed by atoms with van der Waals surface area (Å²) < 4.78 is 2.41. The van der Waals surface area contributed by atoms with Crippen LogP contribution >= 0.6 is 0 Å². The second-order valence-corrected chi connectivity index (χ2v) is 6.70. The van der Waals surface area contributed by atoms with Crippen LogP contribution in [-0.2, 0) is 26.1 Å². The summed E-state index contributed by atoms with van der Waals surface area (Å²) >= 11 is 0. The molecule has 1 aliphatic heterocycles. The Morgan fingerprint density at radius 2 is 1.95 bits per heavy atom. The standard InChI is InChI=1S/C18H27N3/c1-4-5-21-11-15(7-17(19)12(2)3)16-6-13-9-20-10-14(13)8-18(16)21/h6,8,11-12,17,20H,4-5,7,9-10,19H2,1-3H3. The summed E-state index contributed by atoms with van der Waals surface area (Å²) in [6, 6.07) is 5.00. The summed E-state index contributed by atoms with van der Waals surface area (Å²) in [6.07, 6.45) is 4.46. The van der Waals surface area contributed by atoms with E-state index in [0.717, 1.165) is 32.5 Å². The van der Waals surface area contributed by atoms with Gasteiger partial charge in [0.2, 0.25) is 0 Å². The lowest BCUT2D eigenvalue weighted by Crippen LogP contribution is -2.28. The van der Waals surface area contributed by atoms with E-state index in [4.69, 9.17) is 5.73 Å². The molecule has 1 aromatic heterocycles. The van der Waals surface area contributed by atoms with Crippen molar-refractivity contribution < 1.29 is 0 Å². The lowest BCUT2D eigenvalue weighted by Gasteiger charge is -2.14. The Bertz CT molecular complexity index is 639. The number of aromatic nitrogens is 1. The smallest absolute Gasteiger partial charge is 0.0486 e. The van der Waals surface area contributed by atoms with Gasteiger partial charge in [0.05, 0.1) is 0 Å². The Hall–Kier alpha value is -1.32. The van der Waals surface area contributed by atoms with E-state index < -0.39 is 0 Å². The van der Waals surface area contributed by atoms with Gasteiger partial charge in [0.15, 0.2) is 0 Å². The van der Waals surface area contributed by atoms with Crippen LogP contribution in [0.1, 0.15) is 43.9 Å². The molecule has 3 heteroatoms. The molecule has 2 aromatic rings. The van der Waals surface area contributed by atoms with E-state index in [0.29, 0.717) is 5.92 Å². The molecule has 2 heterocycles. The fourth-order valence-corrected chi connectivity index (χ4v) is 3.24. The molecular formula is C18H27N3. The predicted molar refractivity (Wildman–Crippen MR) is 89.3 cm³/mol. The van der Waals surface area contributed by atoms with Crippen LogP contribution in [-0.4, -0.2) is 10.6 Å². The van der Waals surface area contributed by atoms with Gasteiger partial charge >= 0.3 is 0 Å². The first-order valence-corrected chi connectivity index (χ1v) is 8.20. The fourth-order valence-electron chi connectivity index (χ4n) is 3.24. The molecular weight excluding hydrogens is 258 g/mol. The van der Waals surface area contributed by atoms with Crippen LogP contribution in [0.15, 0.2) is 18.3 Å². The molecule has 1 unspecified atom stereocenters. The summed E-state index contributed by atoms with van der Waals surface area (Å²) in [4.78, 5) is 0. The molecule has 114 valence electrons. The molecule has 3 rings (SSSR count). The van der Waals surface area contributed by atoms with Crippen molar-refractivity contribution in [1.82, 2.24) is 9.88 Å². The number of aryl methyl sites for hydroxylation is 1. The summed E-state index contributed by atoms with van der Waals surface area (Å²) in [5.41, 5.74) is 12.0. The number of nitrogens with two attached hydrogens (primary N) is 1. The highest BCUT2D eigenvalue weighted by Crippen LogP contribution is 2.29. The van der Waals surface area contributed by atoms with Gasteiger partial charge in [-0.1, -0.05) is 20.8 Å². The number of hydrogen-bond donors (Lipinski definition) is 2. The molecule has 0 saturated carbocycles. The maximum absolute atomic E-state index is 6.31. The van der Waals surface area contributed by atoms with Gasteiger partial charge in [-0.2, -0.15) is 0 Å². The third-order valence-corrected chi connectivity index (χ3v) is 4.69. The predicted octanol–water partition coefficient (Wildman–Crippen LogP) is 3.18. The van der Waals surface area contributed by atoms with Crippen molar-refractivity contribution in [2.45, 2.75) is 59.3 Å². The molecule has 0 amide bonds. The van der Waals surface area contributed by atoms with Crippen LogP contribution in [0, 0.1) is 5.92 Å². The number of benzene rings is 1. The second-order valence-electron chi connectivity index (χ2n) is 6.70. The zero-order valence-corrected chi connectivity index (χ0v) is 13.4. The molecule has 21 heavy (non-hydrogen) atoms. The number of hydrogen-bond acceptors (Lipinski definition) is 2. The van der Waals surface area contributed by atoms with Crippen LogP contribution in [0.25, 0.3) is 10.9 Å². The van der Waals surface area contributed by atoms with Crippen LogP contribution < -0.4 is 11.1 Å². The summed E-state index contributed by atoms with van der Waals surface area (Å²) in [5.74, 6) is 0.519. The van der Waals surface area contributed by atoms with Gasteiger partial charge in [0.25, 0.3) is 0 Å². The number of fused-ring (bicyclic) bond motifs is 2. The van der Waals surface area contributed by atoms with Crippen LogP contribution in [0.4, 0.5) is 0 Å². The zero-order chi connectivity index (χ0) is 15.0. The average Bonchev–Trinajstić information content (AvgIpc) is 3.02. The van der Waals surface area contributed by atoms with E-state index in [9.17, 15) is 0 Å². The fraction of sp³-hybridized carbons (Fsp3) is 0.556. The lowest BCUT2D eigenvalue weighted by atomic mass is 9.96. The molecule has 3 N–H and O–H groups in total. The minimum atomic E-state index is 0.233. The van der Waals surface area contributed by atoms with E-state index in [-0.39, 0.29) is 6.04 Å². The normalized spacial score (nSPS) is 15.9. The Kier molecular flexibility index (Phi) is 4.05. The first-order chi connectivity index (χ1) is 10.1. The molecule has 1 aliphatic rings. The maximum Gasteiger partial charge on any atom is 0.0486 e. The SMILES string of the molecule is CCCn1cc(CC(N)C(C)C)c2cc3c(cc21)CNC3. The average molecular weight is 285 g/mol. The van der Waals surface area contributed by atoms with Crippen molar-refractivity contribution in [1.29, 1.82) is 0 Å². The first-order valence-electron chi connectivity index (χ1n) is 8.20. The van der Waals surface area contributed by atoms with Gasteiger partial charge in [0, 0.05) is 42.8 Å². The molecule has 0 spiro atoms. The van der Waals surface area contributed by atoms with Crippen LogP contribution in [0.5, 0.6) is 0 Å². The van der Waals surface area contributed by atoms with E-state index in [1.165, 1.54) is 27.6 Å². The number of nitrogens with zero attached hydrogens (tertiary/aromatic N) is 1. The maximum atomic E-state index is 6.31. The summed E-state index contributed by atoms with van der Waals surface area (Å²) in [6.45, 7) is 9.73. The van der Waals surface area contributed by atoms with E-state index in [1.54, 1.807) is 0 Å². The van der Waals surface area contributed by atoms with Crippen LogP contribution in [0.3, 0.4) is 0 Å². The van der Waals surface area contributed by atoms with Crippen LogP contribution in [0.2, 0.25) is 0 Å².